The van der Waals surface area contributed by atoms with Crippen LogP contribution < -0.4 is 5.32 Å². The van der Waals surface area contributed by atoms with Crippen LogP contribution in [-0.2, 0) is 13.0 Å². The molecule has 0 aliphatic carbocycles. The average Bonchev–Trinajstić information content (AvgIpc) is 3.08. The molecule has 0 fully saturated rings. The molecule has 0 bridgehead atoms. The molecule has 0 unspecified atom stereocenters. The fourth-order valence-electron chi connectivity index (χ4n) is 2.98. The summed E-state index contributed by atoms with van der Waals surface area (Å²) in [5.41, 5.74) is 4.10. The lowest BCUT2D eigenvalue weighted by Crippen LogP contribution is -2.38. The molecule has 1 aliphatic heterocycles. The Kier molecular flexibility index (Phi) is 3.93. The topological polar surface area (TPSA) is 71.3 Å². The SMILES string of the molecule is Cc1nnc(-c2ccc(NC(=O)N3CCc4ccccc4C3)cc2)o1. The Balaban J connectivity index is 1.43. The molecular formula is C19H18N4O2. The fourth-order valence-corrected chi connectivity index (χ4v) is 2.98. The van der Waals surface area contributed by atoms with Crippen LogP contribution in [0.15, 0.2) is 52.9 Å². The lowest BCUT2D eigenvalue weighted by atomic mass is 10.0. The van der Waals surface area contributed by atoms with Crippen molar-refractivity contribution in [2.45, 2.75) is 19.9 Å². The zero-order chi connectivity index (χ0) is 17.2. The van der Waals surface area contributed by atoms with Crippen molar-refractivity contribution in [1.29, 1.82) is 0 Å². The molecule has 3 aromatic rings. The van der Waals surface area contributed by atoms with Crippen molar-refractivity contribution in [2.75, 3.05) is 11.9 Å². The van der Waals surface area contributed by atoms with Gasteiger partial charge in [0.1, 0.15) is 0 Å². The number of rotatable bonds is 2. The summed E-state index contributed by atoms with van der Waals surface area (Å²) in [7, 11) is 0. The van der Waals surface area contributed by atoms with E-state index in [1.54, 1.807) is 6.92 Å². The van der Waals surface area contributed by atoms with Crippen molar-refractivity contribution in [3.63, 3.8) is 0 Å². The Morgan fingerprint density at radius 3 is 2.56 bits per heavy atom. The summed E-state index contributed by atoms with van der Waals surface area (Å²) < 4.78 is 5.40. The third-order valence-corrected chi connectivity index (χ3v) is 4.33. The number of carbonyl (C=O) groups excluding carboxylic acids is 1. The van der Waals surface area contributed by atoms with E-state index in [1.165, 1.54) is 11.1 Å². The van der Waals surface area contributed by atoms with Gasteiger partial charge in [-0.1, -0.05) is 24.3 Å². The molecule has 0 atom stereocenters. The second kappa shape index (κ2) is 6.39. The fraction of sp³-hybridized carbons (Fsp3) is 0.211. The molecule has 6 heteroatoms. The van der Waals surface area contributed by atoms with Crippen LogP contribution in [-0.4, -0.2) is 27.7 Å². The first kappa shape index (κ1) is 15.4. The molecule has 0 spiro atoms. The first-order valence-corrected chi connectivity index (χ1v) is 8.22. The Labute approximate surface area is 145 Å². The van der Waals surface area contributed by atoms with Crippen LogP contribution in [0.5, 0.6) is 0 Å². The Morgan fingerprint density at radius 1 is 1.08 bits per heavy atom. The van der Waals surface area contributed by atoms with E-state index in [0.29, 0.717) is 18.3 Å². The molecule has 0 radical (unpaired) electrons. The number of urea groups is 1. The number of carbonyl (C=O) groups is 1. The lowest BCUT2D eigenvalue weighted by Gasteiger charge is -2.29. The molecule has 1 aromatic heterocycles. The summed E-state index contributed by atoms with van der Waals surface area (Å²) >= 11 is 0. The van der Waals surface area contributed by atoms with Gasteiger partial charge in [0.2, 0.25) is 11.8 Å². The predicted molar refractivity (Wildman–Crippen MR) is 94.0 cm³/mol. The minimum absolute atomic E-state index is 0.0871. The standard InChI is InChI=1S/C19H18N4O2/c1-13-21-22-18(25-13)15-6-8-17(9-7-15)20-19(24)23-11-10-14-4-2-3-5-16(14)12-23/h2-9H,10-12H2,1H3,(H,20,24). The highest BCUT2D eigenvalue weighted by molar-refractivity contribution is 5.89. The third kappa shape index (κ3) is 3.24. The minimum atomic E-state index is -0.0871. The molecule has 1 aliphatic rings. The smallest absolute Gasteiger partial charge is 0.322 e. The number of benzene rings is 2. The van der Waals surface area contributed by atoms with Crippen LogP contribution in [0.2, 0.25) is 0 Å². The summed E-state index contributed by atoms with van der Waals surface area (Å²) in [6.07, 6.45) is 0.888. The average molecular weight is 334 g/mol. The molecule has 4 rings (SSSR count). The van der Waals surface area contributed by atoms with Crippen LogP contribution in [0, 0.1) is 6.92 Å². The number of anilines is 1. The quantitative estimate of drug-likeness (QED) is 0.777. The Hall–Kier alpha value is -3.15. The number of aryl methyl sites for hydroxylation is 1. The number of aromatic nitrogens is 2. The van der Waals surface area contributed by atoms with Crippen LogP contribution in [0.3, 0.4) is 0 Å². The molecule has 6 nitrogen and oxygen atoms in total. The number of hydrogen-bond donors (Lipinski definition) is 1. The Bertz CT molecular complexity index is 902. The number of nitrogens with one attached hydrogen (secondary N) is 1. The highest BCUT2D eigenvalue weighted by Gasteiger charge is 2.20. The van der Waals surface area contributed by atoms with E-state index >= 15 is 0 Å². The van der Waals surface area contributed by atoms with E-state index in [1.807, 2.05) is 41.3 Å². The second-order valence-corrected chi connectivity index (χ2v) is 6.07. The van der Waals surface area contributed by atoms with Gasteiger partial charge in [-0.3, -0.25) is 0 Å². The summed E-state index contributed by atoms with van der Waals surface area (Å²) in [6.45, 7) is 3.12. The molecule has 1 N–H and O–H groups in total. The molecule has 0 saturated carbocycles. The van der Waals surface area contributed by atoms with Crippen molar-refractivity contribution in [2.24, 2.45) is 0 Å². The van der Waals surface area contributed by atoms with E-state index < -0.39 is 0 Å². The summed E-state index contributed by atoms with van der Waals surface area (Å²) in [4.78, 5) is 14.3. The van der Waals surface area contributed by atoms with Crippen molar-refractivity contribution < 1.29 is 9.21 Å². The van der Waals surface area contributed by atoms with Gasteiger partial charge >= 0.3 is 6.03 Å². The third-order valence-electron chi connectivity index (χ3n) is 4.33. The number of fused-ring (bicyclic) bond motifs is 1. The first-order valence-electron chi connectivity index (χ1n) is 8.22. The zero-order valence-corrected chi connectivity index (χ0v) is 13.9. The molecule has 25 heavy (non-hydrogen) atoms. The highest BCUT2D eigenvalue weighted by Crippen LogP contribution is 2.22. The van der Waals surface area contributed by atoms with Gasteiger partial charge in [-0.15, -0.1) is 10.2 Å². The number of hydrogen-bond acceptors (Lipinski definition) is 4. The highest BCUT2D eigenvalue weighted by atomic mass is 16.4. The molecule has 2 amide bonds. The predicted octanol–water partition coefficient (Wildman–Crippen LogP) is 3.64. The molecule has 2 heterocycles. The second-order valence-electron chi connectivity index (χ2n) is 6.07. The summed E-state index contributed by atoms with van der Waals surface area (Å²) in [6, 6.07) is 15.6. The summed E-state index contributed by atoms with van der Waals surface area (Å²) in [5.74, 6) is 1.00. The van der Waals surface area contributed by atoms with E-state index in [2.05, 4.69) is 27.6 Å². The molecule has 126 valence electrons. The van der Waals surface area contributed by atoms with E-state index in [9.17, 15) is 4.79 Å². The van der Waals surface area contributed by atoms with Crippen LogP contribution in [0.4, 0.5) is 10.5 Å². The van der Waals surface area contributed by atoms with Crippen molar-refractivity contribution in [3.8, 4) is 11.5 Å². The van der Waals surface area contributed by atoms with Crippen LogP contribution in [0.1, 0.15) is 17.0 Å². The monoisotopic (exact) mass is 334 g/mol. The Morgan fingerprint density at radius 2 is 1.84 bits per heavy atom. The number of amides is 2. The molecule has 2 aromatic carbocycles. The van der Waals surface area contributed by atoms with Gasteiger partial charge in [0.15, 0.2) is 0 Å². The lowest BCUT2D eigenvalue weighted by molar-refractivity contribution is 0.206. The largest absolute Gasteiger partial charge is 0.421 e. The van der Waals surface area contributed by atoms with E-state index in [4.69, 9.17) is 4.42 Å². The normalized spacial score (nSPS) is 13.4. The van der Waals surface area contributed by atoms with Crippen molar-refractivity contribution in [1.82, 2.24) is 15.1 Å². The number of nitrogens with zero attached hydrogens (tertiary/aromatic N) is 3. The van der Waals surface area contributed by atoms with Gasteiger partial charge in [0.05, 0.1) is 0 Å². The van der Waals surface area contributed by atoms with Gasteiger partial charge < -0.3 is 14.6 Å². The van der Waals surface area contributed by atoms with Crippen molar-refractivity contribution >= 4 is 11.7 Å². The van der Waals surface area contributed by atoms with Crippen LogP contribution in [0.25, 0.3) is 11.5 Å². The van der Waals surface area contributed by atoms with Crippen molar-refractivity contribution in [3.05, 3.63) is 65.5 Å². The van der Waals surface area contributed by atoms with Crippen LogP contribution >= 0.6 is 0 Å². The zero-order valence-electron chi connectivity index (χ0n) is 13.9. The van der Waals surface area contributed by atoms with E-state index in [0.717, 1.165) is 24.2 Å². The van der Waals surface area contributed by atoms with Gasteiger partial charge in [0, 0.05) is 31.3 Å². The van der Waals surface area contributed by atoms with Gasteiger partial charge in [-0.2, -0.15) is 0 Å². The van der Waals surface area contributed by atoms with Gasteiger partial charge in [-0.25, -0.2) is 4.79 Å². The first-order chi connectivity index (χ1) is 12.2. The molecule has 0 saturated heterocycles. The minimum Gasteiger partial charge on any atom is -0.421 e. The maximum absolute atomic E-state index is 12.5. The van der Waals surface area contributed by atoms with E-state index in [-0.39, 0.29) is 6.03 Å². The maximum atomic E-state index is 12.5. The van der Waals surface area contributed by atoms with Gasteiger partial charge in [-0.05, 0) is 41.8 Å². The maximum Gasteiger partial charge on any atom is 0.322 e. The summed E-state index contributed by atoms with van der Waals surface area (Å²) in [5, 5.41) is 10.8. The van der Waals surface area contributed by atoms with Gasteiger partial charge in [0.25, 0.3) is 0 Å². The molecular weight excluding hydrogens is 316 g/mol.